The second kappa shape index (κ2) is 4.41. The van der Waals surface area contributed by atoms with Crippen LogP contribution < -0.4 is 0 Å². The summed E-state index contributed by atoms with van der Waals surface area (Å²) in [5, 5.41) is 0. The van der Waals surface area contributed by atoms with Gasteiger partial charge in [0.1, 0.15) is 5.78 Å². The molecule has 7 fully saturated rings. The van der Waals surface area contributed by atoms with Gasteiger partial charge in [0.05, 0.1) is 23.7 Å². The predicted molar refractivity (Wildman–Crippen MR) is 87.7 cm³/mol. The minimum absolute atomic E-state index is 0.0532. The van der Waals surface area contributed by atoms with Crippen molar-refractivity contribution in [2.24, 2.45) is 58.2 Å². The number of rotatable bonds is 0. The molecule has 28 heavy (non-hydrogen) atoms. The van der Waals surface area contributed by atoms with Gasteiger partial charge in [-0.2, -0.15) is 0 Å². The van der Waals surface area contributed by atoms with Gasteiger partial charge in [0.25, 0.3) is 0 Å². The van der Waals surface area contributed by atoms with Gasteiger partial charge < -0.3 is 9.47 Å². The molecule has 7 rings (SSSR count). The number of ketones is 1. The van der Waals surface area contributed by atoms with Gasteiger partial charge in [-0.1, -0.05) is 0 Å². The lowest BCUT2D eigenvalue weighted by Crippen LogP contribution is -2.48. The molecule has 0 aromatic carbocycles. The molecule has 2 spiro atoms. The minimum Gasteiger partial charge on any atom is -0.393 e. The number of fused-ring (bicyclic) bond motifs is 12. The Morgan fingerprint density at radius 3 is 1.43 bits per heavy atom. The molecular formula is C21H20O7. The standard InChI is InChI=1S/C21H20O7/c22-15-11-7-3-9(13(11)17(24)27-15)20(5-7)1-2-21(19(20)26)6-8-4-10(21)14-12(8)16(23)28-18(14)25/h7-14H,1-6H2/t7?,8?,9-,10?,11?,12?,13?,14?,20?,21+/m0/s1. The Labute approximate surface area is 160 Å². The Morgan fingerprint density at radius 2 is 1.00 bits per heavy atom. The van der Waals surface area contributed by atoms with E-state index in [1.807, 2.05) is 0 Å². The van der Waals surface area contributed by atoms with Crippen LogP contribution in [0, 0.1) is 58.2 Å². The molecule has 2 heterocycles. The second-order valence-corrected chi connectivity index (χ2v) is 10.3. The molecule has 2 aliphatic heterocycles. The van der Waals surface area contributed by atoms with Crippen LogP contribution >= 0.6 is 0 Å². The summed E-state index contributed by atoms with van der Waals surface area (Å²) < 4.78 is 9.82. The molecule has 10 atom stereocenters. The number of ether oxygens (including phenoxy) is 2. The summed E-state index contributed by atoms with van der Waals surface area (Å²) in [6.45, 7) is 0. The average molecular weight is 384 g/mol. The maximum Gasteiger partial charge on any atom is 0.317 e. The van der Waals surface area contributed by atoms with E-state index in [1.165, 1.54) is 0 Å². The molecule has 0 N–H and O–H groups in total. The summed E-state index contributed by atoms with van der Waals surface area (Å²) in [6.07, 6.45) is 4.27. The normalized spacial score (nSPS) is 57.6. The third kappa shape index (κ3) is 1.40. The largest absolute Gasteiger partial charge is 0.393 e. The fraction of sp³-hybridized carbons (Fsp3) is 0.762. The SMILES string of the molecule is O=C1OC(=O)C2C1C1CC2[C@@]2(CCC3(CC4C[C@H]3C3C(=O)OC(=O)C43)C2=O)C1. The Kier molecular flexibility index (Phi) is 2.49. The van der Waals surface area contributed by atoms with Crippen LogP contribution in [0.4, 0.5) is 0 Å². The Morgan fingerprint density at radius 1 is 0.607 bits per heavy atom. The zero-order valence-corrected chi connectivity index (χ0v) is 15.2. The van der Waals surface area contributed by atoms with Gasteiger partial charge in [-0.3, -0.25) is 24.0 Å². The number of hydrogen-bond acceptors (Lipinski definition) is 7. The molecule has 146 valence electrons. The lowest BCUT2D eigenvalue weighted by Gasteiger charge is -2.41. The van der Waals surface area contributed by atoms with Crippen molar-refractivity contribution in [3.05, 3.63) is 0 Å². The predicted octanol–water partition coefficient (Wildman–Crippen LogP) is 1.03. The first-order valence-corrected chi connectivity index (χ1v) is 10.4. The summed E-state index contributed by atoms with van der Waals surface area (Å²) in [5.74, 6) is -3.28. The molecule has 0 aromatic heterocycles. The first kappa shape index (κ1) is 15.8. The van der Waals surface area contributed by atoms with Crippen molar-refractivity contribution < 1.29 is 33.4 Å². The van der Waals surface area contributed by atoms with Crippen LogP contribution in [0.3, 0.4) is 0 Å². The number of Topliss-reactive ketones (excluding diaryl/α,β-unsaturated/α-hetero) is 1. The van der Waals surface area contributed by atoms with Crippen molar-refractivity contribution >= 4 is 29.7 Å². The second-order valence-electron chi connectivity index (χ2n) is 10.3. The van der Waals surface area contributed by atoms with E-state index in [-0.39, 0.29) is 41.3 Å². The highest BCUT2D eigenvalue weighted by Gasteiger charge is 2.78. The van der Waals surface area contributed by atoms with Crippen molar-refractivity contribution in [2.75, 3.05) is 0 Å². The fourth-order valence-electron chi connectivity index (χ4n) is 9.16. The van der Waals surface area contributed by atoms with E-state index >= 15 is 0 Å². The van der Waals surface area contributed by atoms with E-state index in [9.17, 15) is 24.0 Å². The smallest absolute Gasteiger partial charge is 0.317 e. The van der Waals surface area contributed by atoms with Crippen LogP contribution in [0.1, 0.15) is 38.5 Å². The van der Waals surface area contributed by atoms with Crippen LogP contribution in [-0.4, -0.2) is 29.7 Å². The van der Waals surface area contributed by atoms with E-state index < -0.39 is 46.5 Å². The molecule has 5 saturated carbocycles. The van der Waals surface area contributed by atoms with Crippen molar-refractivity contribution in [1.82, 2.24) is 0 Å². The van der Waals surface area contributed by atoms with Crippen LogP contribution in [0.25, 0.3) is 0 Å². The van der Waals surface area contributed by atoms with E-state index in [0.29, 0.717) is 12.8 Å². The molecule has 2 saturated heterocycles. The number of carbonyl (C=O) groups excluding carboxylic acids is 5. The summed E-state index contributed by atoms with van der Waals surface area (Å²) in [7, 11) is 0. The third-order valence-corrected chi connectivity index (χ3v) is 9.85. The van der Waals surface area contributed by atoms with E-state index in [1.54, 1.807) is 0 Å². The van der Waals surface area contributed by atoms with Gasteiger partial charge in [-0.15, -0.1) is 0 Å². The van der Waals surface area contributed by atoms with E-state index in [4.69, 9.17) is 9.47 Å². The molecule has 4 bridgehead atoms. The average Bonchev–Trinajstić information content (AvgIpc) is 3.46. The maximum atomic E-state index is 14.0. The summed E-state index contributed by atoms with van der Waals surface area (Å²) in [4.78, 5) is 62.8. The van der Waals surface area contributed by atoms with Gasteiger partial charge in [-0.05, 0) is 62.2 Å². The molecule has 7 heteroatoms. The molecule has 7 nitrogen and oxygen atoms in total. The number of esters is 4. The first-order valence-electron chi connectivity index (χ1n) is 10.4. The molecule has 8 unspecified atom stereocenters. The Bertz CT molecular complexity index is 850. The molecular weight excluding hydrogens is 364 g/mol. The van der Waals surface area contributed by atoms with Gasteiger partial charge in [0.2, 0.25) is 0 Å². The van der Waals surface area contributed by atoms with Crippen LogP contribution in [0.15, 0.2) is 0 Å². The summed E-state index contributed by atoms with van der Waals surface area (Å²) in [5.41, 5.74) is -1.11. The highest BCUT2D eigenvalue weighted by molar-refractivity contribution is 6.02. The van der Waals surface area contributed by atoms with Crippen molar-refractivity contribution in [3.63, 3.8) is 0 Å². The van der Waals surface area contributed by atoms with Crippen molar-refractivity contribution in [3.8, 4) is 0 Å². The van der Waals surface area contributed by atoms with Crippen LogP contribution in [0.5, 0.6) is 0 Å². The fourth-order valence-corrected chi connectivity index (χ4v) is 9.16. The van der Waals surface area contributed by atoms with E-state index in [2.05, 4.69) is 0 Å². The van der Waals surface area contributed by atoms with Crippen molar-refractivity contribution in [1.29, 1.82) is 0 Å². The zero-order valence-electron chi connectivity index (χ0n) is 15.2. The quantitative estimate of drug-likeness (QED) is 0.454. The maximum absolute atomic E-state index is 14.0. The zero-order chi connectivity index (χ0) is 19.2. The third-order valence-electron chi connectivity index (χ3n) is 9.85. The molecule has 7 aliphatic rings. The van der Waals surface area contributed by atoms with Gasteiger partial charge in [-0.25, -0.2) is 0 Å². The molecule has 0 radical (unpaired) electrons. The summed E-state index contributed by atoms with van der Waals surface area (Å²) in [6, 6.07) is 0. The Hall–Kier alpha value is -2.05. The van der Waals surface area contributed by atoms with Gasteiger partial charge in [0.15, 0.2) is 0 Å². The molecule has 0 amide bonds. The Balaban J connectivity index is 1.27. The van der Waals surface area contributed by atoms with Gasteiger partial charge >= 0.3 is 23.9 Å². The highest BCUT2D eigenvalue weighted by Crippen LogP contribution is 2.75. The number of hydrogen-bond donors (Lipinski definition) is 0. The van der Waals surface area contributed by atoms with Gasteiger partial charge in [0, 0.05) is 10.8 Å². The van der Waals surface area contributed by atoms with Crippen LogP contribution in [0.2, 0.25) is 0 Å². The monoisotopic (exact) mass is 384 g/mol. The number of cyclic esters (lactones) is 4. The first-order chi connectivity index (χ1) is 13.4. The topological polar surface area (TPSA) is 104 Å². The minimum atomic E-state index is -0.554. The lowest BCUT2D eigenvalue weighted by molar-refractivity contribution is -0.156. The number of carbonyl (C=O) groups is 5. The molecule has 5 aliphatic carbocycles. The summed E-state index contributed by atoms with van der Waals surface area (Å²) >= 11 is 0. The lowest BCUT2D eigenvalue weighted by atomic mass is 9.58. The van der Waals surface area contributed by atoms with Crippen molar-refractivity contribution in [2.45, 2.75) is 38.5 Å². The van der Waals surface area contributed by atoms with E-state index in [0.717, 1.165) is 25.7 Å². The molecule has 0 aromatic rings. The van der Waals surface area contributed by atoms with Crippen LogP contribution in [-0.2, 0) is 33.4 Å². The highest BCUT2D eigenvalue weighted by atomic mass is 16.6.